The maximum atomic E-state index is 13.2. The lowest BCUT2D eigenvalue weighted by Gasteiger charge is -2.30. The van der Waals surface area contributed by atoms with Crippen LogP contribution in [0, 0.1) is 5.92 Å². The molecule has 2 saturated carbocycles. The van der Waals surface area contributed by atoms with E-state index < -0.39 is 5.38 Å². The molecule has 1 heterocycles. The molecular formula is C19H23Cl2N3O2. The van der Waals surface area contributed by atoms with Gasteiger partial charge in [-0.3, -0.25) is 4.79 Å². The van der Waals surface area contributed by atoms with Crippen LogP contribution in [0.4, 0.5) is 0 Å². The molecule has 3 aliphatic rings. The van der Waals surface area contributed by atoms with Crippen LogP contribution in [0.5, 0.6) is 5.88 Å². The highest BCUT2D eigenvalue weighted by Gasteiger charge is 2.40. The lowest BCUT2D eigenvalue weighted by molar-refractivity contribution is 0.102. The first kappa shape index (κ1) is 18.1. The Morgan fingerprint density at radius 3 is 2.65 bits per heavy atom. The third-order valence-electron chi connectivity index (χ3n) is 5.58. The van der Waals surface area contributed by atoms with E-state index in [1.54, 1.807) is 19.2 Å². The number of Topliss-reactive ketones (excluding diaryl/α,β-unsaturated/α-hetero) is 1. The standard InChI is InChI=1S/C19H23Cl2N3O2/c1-23(11-5-6-11)9-13-14(20)8-7-12(16(13)21)18(25)15-17(10-3-4-10)22-24(2)19(15)26/h7-8,10-11,13,16,26H,3-6,9H2,1-2H3. The van der Waals surface area contributed by atoms with Crippen molar-refractivity contribution in [1.29, 1.82) is 0 Å². The Kier molecular flexibility index (Phi) is 4.66. The maximum absolute atomic E-state index is 13.2. The number of alkyl halides is 1. The van der Waals surface area contributed by atoms with Gasteiger partial charge in [0.05, 0.1) is 11.1 Å². The van der Waals surface area contributed by atoms with Crippen LogP contribution in [-0.2, 0) is 7.05 Å². The molecule has 0 spiro atoms. The third kappa shape index (κ3) is 3.21. The molecule has 7 heteroatoms. The van der Waals surface area contributed by atoms with Crippen molar-refractivity contribution in [2.24, 2.45) is 13.0 Å². The lowest BCUT2D eigenvalue weighted by Crippen LogP contribution is -2.35. The van der Waals surface area contributed by atoms with Gasteiger partial charge in [-0.15, -0.1) is 11.6 Å². The van der Waals surface area contributed by atoms with E-state index in [4.69, 9.17) is 23.2 Å². The number of aromatic nitrogens is 2. The van der Waals surface area contributed by atoms with Crippen molar-refractivity contribution in [1.82, 2.24) is 14.7 Å². The number of aryl methyl sites for hydroxylation is 1. The summed E-state index contributed by atoms with van der Waals surface area (Å²) in [6.45, 7) is 0.716. The van der Waals surface area contributed by atoms with Gasteiger partial charge in [-0.05, 0) is 38.8 Å². The van der Waals surface area contributed by atoms with Crippen LogP contribution in [0.15, 0.2) is 22.8 Å². The summed E-state index contributed by atoms with van der Waals surface area (Å²) in [6, 6.07) is 0.595. The van der Waals surface area contributed by atoms with Gasteiger partial charge in [0, 0.05) is 42.1 Å². The van der Waals surface area contributed by atoms with Crippen molar-refractivity contribution in [3.05, 3.63) is 34.0 Å². The van der Waals surface area contributed by atoms with Crippen LogP contribution < -0.4 is 0 Å². The molecule has 0 aromatic carbocycles. The first-order chi connectivity index (χ1) is 12.4. The first-order valence-corrected chi connectivity index (χ1v) is 9.92. The number of ketones is 1. The number of rotatable bonds is 6. The highest BCUT2D eigenvalue weighted by Crippen LogP contribution is 2.44. The van der Waals surface area contributed by atoms with Crippen molar-refractivity contribution in [2.75, 3.05) is 13.6 Å². The number of allylic oxidation sites excluding steroid dienone is 3. The Hall–Kier alpha value is -1.30. The smallest absolute Gasteiger partial charge is 0.220 e. The van der Waals surface area contributed by atoms with E-state index in [0.717, 1.165) is 12.8 Å². The SMILES string of the molecule is CN(CC1C(Cl)=CC=C(C(=O)c2c(C3CC3)nn(C)c2O)C1Cl)C1CC1. The molecule has 140 valence electrons. The lowest BCUT2D eigenvalue weighted by atomic mass is 9.88. The van der Waals surface area contributed by atoms with Gasteiger partial charge in [-0.25, -0.2) is 4.68 Å². The number of carbonyl (C=O) groups excluding carboxylic acids is 1. The van der Waals surface area contributed by atoms with E-state index in [1.165, 1.54) is 17.5 Å². The van der Waals surface area contributed by atoms with Gasteiger partial charge in [-0.2, -0.15) is 5.10 Å². The minimum Gasteiger partial charge on any atom is -0.493 e. The zero-order valence-electron chi connectivity index (χ0n) is 15.0. The highest BCUT2D eigenvalue weighted by molar-refractivity contribution is 6.34. The molecule has 2 atom stereocenters. The first-order valence-electron chi connectivity index (χ1n) is 9.10. The molecule has 0 radical (unpaired) electrons. The molecule has 2 fully saturated rings. The molecule has 1 N–H and O–H groups in total. The van der Waals surface area contributed by atoms with Gasteiger partial charge in [0.25, 0.3) is 0 Å². The summed E-state index contributed by atoms with van der Waals surface area (Å²) in [6.07, 6.45) is 7.87. The predicted molar refractivity (Wildman–Crippen MR) is 102 cm³/mol. The van der Waals surface area contributed by atoms with E-state index in [2.05, 4.69) is 17.0 Å². The van der Waals surface area contributed by atoms with Crippen LogP contribution >= 0.6 is 23.2 Å². The Balaban J connectivity index is 1.62. The minimum atomic E-state index is -0.521. The molecule has 5 nitrogen and oxygen atoms in total. The van der Waals surface area contributed by atoms with Crippen molar-refractivity contribution in [3.8, 4) is 5.88 Å². The minimum absolute atomic E-state index is 0.0889. The molecule has 1 aromatic rings. The molecule has 0 saturated heterocycles. The van der Waals surface area contributed by atoms with E-state index in [-0.39, 0.29) is 23.5 Å². The van der Waals surface area contributed by atoms with Crippen LogP contribution in [0.25, 0.3) is 0 Å². The number of nitrogens with zero attached hydrogens (tertiary/aromatic N) is 3. The Bertz CT molecular complexity index is 806. The number of hydrogen-bond donors (Lipinski definition) is 1. The largest absolute Gasteiger partial charge is 0.493 e. The molecule has 4 rings (SSSR count). The Morgan fingerprint density at radius 2 is 2.04 bits per heavy atom. The average Bonchev–Trinajstić information content (AvgIpc) is 3.49. The second-order valence-corrected chi connectivity index (χ2v) is 8.57. The second-order valence-electron chi connectivity index (χ2n) is 7.66. The van der Waals surface area contributed by atoms with Crippen molar-refractivity contribution >= 4 is 29.0 Å². The molecule has 0 amide bonds. The topological polar surface area (TPSA) is 58.4 Å². The molecule has 26 heavy (non-hydrogen) atoms. The van der Waals surface area contributed by atoms with Gasteiger partial charge in [0.2, 0.25) is 5.88 Å². The van der Waals surface area contributed by atoms with Crippen LogP contribution in [0.2, 0.25) is 0 Å². The summed E-state index contributed by atoms with van der Waals surface area (Å²) >= 11 is 13.1. The van der Waals surface area contributed by atoms with Crippen molar-refractivity contribution in [3.63, 3.8) is 0 Å². The number of hydrogen-bond acceptors (Lipinski definition) is 4. The summed E-state index contributed by atoms with van der Waals surface area (Å²) in [5.41, 5.74) is 1.47. The number of carbonyl (C=O) groups is 1. The fraction of sp³-hybridized carbons (Fsp3) is 0.579. The second kappa shape index (κ2) is 6.70. The van der Waals surface area contributed by atoms with E-state index >= 15 is 0 Å². The number of halogens is 2. The highest BCUT2D eigenvalue weighted by atomic mass is 35.5. The zero-order chi connectivity index (χ0) is 18.6. The van der Waals surface area contributed by atoms with Crippen LogP contribution in [-0.4, -0.2) is 50.6 Å². The summed E-state index contributed by atoms with van der Waals surface area (Å²) in [5.74, 6) is -0.197. The van der Waals surface area contributed by atoms with E-state index in [1.807, 2.05) is 0 Å². The van der Waals surface area contributed by atoms with Gasteiger partial charge in [0.1, 0.15) is 5.56 Å². The normalized spacial score (nSPS) is 26.0. The summed E-state index contributed by atoms with van der Waals surface area (Å²) in [7, 11) is 3.72. The van der Waals surface area contributed by atoms with Crippen molar-refractivity contribution < 1.29 is 9.90 Å². The number of aromatic hydroxyl groups is 1. The monoisotopic (exact) mass is 395 g/mol. The summed E-state index contributed by atoms with van der Waals surface area (Å²) in [4.78, 5) is 15.5. The van der Waals surface area contributed by atoms with E-state index in [9.17, 15) is 9.90 Å². The van der Waals surface area contributed by atoms with Crippen molar-refractivity contribution in [2.45, 2.75) is 43.0 Å². The summed E-state index contributed by atoms with van der Waals surface area (Å²) in [5, 5.41) is 14.9. The van der Waals surface area contributed by atoms with Gasteiger partial charge in [-0.1, -0.05) is 17.7 Å². The van der Waals surface area contributed by atoms with E-state index in [0.29, 0.717) is 34.4 Å². The van der Waals surface area contributed by atoms with Gasteiger partial charge < -0.3 is 10.0 Å². The van der Waals surface area contributed by atoms with Crippen LogP contribution in [0.1, 0.15) is 47.7 Å². The maximum Gasteiger partial charge on any atom is 0.220 e. The Morgan fingerprint density at radius 1 is 1.35 bits per heavy atom. The molecule has 2 unspecified atom stereocenters. The molecule has 0 aliphatic heterocycles. The molecule has 1 aromatic heterocycles. The quantitative estimate of drug-likeness (QED) is 0.590. The molecule has 0 bridgehead atoms. The van der Waals surface area contributed by atoms with Gasteiger partial charge in [0.15, 0.2) is 5.78 Å². The average molecular weight is 396 g/mol. The molecule has 3 aliphatic carbocycles. The Labute approximate surface area is 163 Å². The fourth-order valence-corrected chi connectivity index (χ4v) is 4.35. The zero-order valence-corrected chi connectivity index (χ0v) is 16.5. The van der Waals surface area contributed by atoms with Crippen LogP contribution in [0.3, 0.4) is 0 Å². The predicted octanol–water partition coefficient (Wildman–Crippen LogP) is 3.57. The molecular weight excluding hydrogens is 373 g/mol. The summed E-state index contributed by atoms with van der Waals surface area (Å²) < 4.78 is 1.37. The third-order valence-corrected chi connectivity index (χ3v) is 6.52. The van der Waals surface area contributed by atoms with Gasteiger partial charge >= 0.3 is 0 Å². The fourth-order valence-electron chi connectivity index (χ4n) is 3.64.